The number of piperidine rings is 1. The molecule has 1 saturated heterocycles. The average molecular weight is 382 g/mol. The summed E-state index contributed by atoms with van der Waals surface area (Å²) in [6.07, 6.45) is 6.85. The van der Waals surface area contributed by atoms with Crippen LogP contribution in [0.5, 0.6) is 0 Å². The van der Waals surface area contributed by atoms with Crippen LogP contribution in [0.3, 0.4) is 0 Å². The molecule has 1 fully saturated rings. The molecule has 7 heteroatoms. The molecule has 0 amide bonds. The molecule has 0 spiro atoms. The minimum atomic E-state index is 0.355. The van der Waals surface area contributed by atoms with Crippen LogP contribution in [0.2, 0.25) is 0 Å². The number of rotatable bonds is 7. The normalized spacial score (nSPS) is 22.4. The molecule has 3 atom stereocenters. The zero-order chi connectivity index (χ0) is 20.1. The standard InChI is InChI=1S/C21H31N7/c1-6-15-11-16(9-13(4)23-15)24-21-17(7-2)18(22-8-3)12-19(26-21)25-20-10-14(5)27-28-20/h7-8,10,12-13,15-16,23H,2,6,9,11H2,1,3-5H3,(H3,24,25,26,27,28)/t13-,15?,16?/m1/s1. The van der Waals surface area contributed by atoms with Gasteiger partial charge in [-0.1, -0.05) is 19.6 Å². The summed E-state index contributed by atoms with van der Waals surface area (Å²) in [5.74, 6) is 2.24. The molecule has 1 aliphatic heterocycles. The second-order valence-electron chi connectivity index (χ2n) is 7.43. The maximum atomic E-state index is 4.82. The van der Waals surface area contributed by atoms with Gasteiger partial charge in [0.1, 0.15) is 11.6 Å². The van der Waals surface area contributed by atoms with Crippen LogP contribution >= 0.6 is 0 Å². The summed E-state index contributed by atoms with van der Waals surface area (Å²) in [5, 5.41) is 17.8. The molecule has 1 aliphatic rings. The van der Waals surface area contributed by atoms with E-state index in [9.17, 15) is 0 Å². The number of hydrogen-bond donors (Lipinski definition) is 4. The third-order valence-electron chi connectivity index (χ3n) is 5.03. The van der Waals surface area contributed by atoms with Gasteiger partial charge in [-0.25, -0.2) is 4.98 Å². The van der Waals surface area contributed by atoms with Crippen molar-refractivity contribution in [3.8, 4) is 0 Å². The highest BCUT2D eigenvalue weighted by Crippen LogP contribution is 2.32. The number of aromatic nitrogens is 3. The number of H-pyrrole nitrogens is 1. The van der Waals surface area contributed by atoms with Crippen LogP contribution in [0.4, 0.5) is 23.1 Å². The molecule has 0 aliphatic carbocycles. The lowest BCUT2D eigenvalue weighted by molar-refractivity contribution is 0.308. The van der Waals surface area contributed by atoms with Crippen LogP contribution in [0.1, 0.15) is 51.3 Å². The van der Waals surface area contributed by atoms with Gasteiger partial charge in [0.15, 0.2) is 5.82 Å². The smallest absolute Gasteiger partial charge is 0.153 e. The topological polar surface area (TPSA) is 90.0 Å². The van der Waals surface area contributed by atoms with E-state index in [2.05, 4.69) is 51.6 Å². The molecule has 0 aromatic carbocycles. The number of aryl methyl sites for hydroxylation is 1. The highest BCUT2D eigenvalue weighted by Gasteiger charge is 2.26. The molecule has 0 bridgehead atoms. The Bertz CT molecular complexity index is 839. The fraction of sp³-hybridized carbons (Fsp3) is 0.476. The van der Waals surface area contributed by atoms with E-state index in [0.29, 0.717) is 23.9 Å². The Kier molecular flexibility index (Phi) is 6.46. The SMILES string of the molecule is C=Cc1c(N=CC)cc(Nc2cc(C)[nH]n2)nc1NC1CC(CC)N[C@H](C)C1. The van der Waals surface area contributed by atoms with Gasteiger partial charge < -0.3 is 16.0 Å². The highest BCUT2D eigenvalue weighted by atomic mass is 15.2. The van der Waals surface area contributed by atoms with E-state index in [1.54, 1.807) is 6.21 Å². The Labute approximate surface area is 167 Å². The van der Waals surface area contributed by atoms with Gasteiger partial charge in [-0.15, -0.1) is 0 Å². The average Bonchev–Trinajstić information content (AvgIpc) is 3.06. The van der Waals surface area contributed by atoms with E-state index in [1.807, 2.05) is 32.1 Å². The van der Waals surface area contributed by atoms with Crippen molar-refractivity contribution in [1.82, 2.24) is 20.5 Å². The molecule has 3 heterocycles. The monoisotopic (exact) mass is 381 g/mol. The van der Waals surface area contributed by atoms with Crippen molar-refractivity contribution in [3.63, 3.8) is 0 Å². The summed E-state index contributed by atoms with van der Waals surface area (Å²) < 4.78 is 0. The minimum absolute atomic E-state index is 0.355. The number of aromatic amines is 1. The summed E-state index contributed by atoms with van der Waals surface area (Å²) in [4.78, 5) is 9.35. The van der Waals surface area contributed by atoms with Crippen molar-refractivity contribution < 1.29 is 0 Å². The zero-order valence-corrected chi connectivity index (χ0v) is 17.2. The van der Waals surface area contributed by atoms with Gasteiger partial charge >= 0.3 is 0 Å². The second kappa shape index (κ2) is 9.01. The molecule has 3 rings (SSSR count). The molecule has 2 aromatic rings. The van der Waals surface area contributed by atoms with Crippen LogP contribution < -0.4 is 16.0 Å². The Morgan fingerprint density at radius 1 is 1.32 bits per heavy atom. The van der Waals surface area contributed by atoms with Crippen LogP contribution in [-0.4, -0.2) is 39.5 Å². The van der Waals surface area contributed by atoms with Gasteiger partial charge in [0, 0.05) is 47.7 Å². The summed E-state index contributed by atoms with van der Waals surface area (Å²) in [7, 11) is 0. The number of nitrogens with zero attached hydrogens (tertiary/aromatic N) is 3. The van der Waals surface area contributed by atoms with Crippen LogP contribution in [-0.2, 0) is 0 Å². The van der Waals surface area contributed by atoms with Crippen LogP contribution in [0.15, 0.2) is 23.7 Å². The molecule has 2 aromatic heterocycles. The van der Waals surface area contributed by atoms with E-state index < -0.39 is 0 Å². The summed E-state index contributed by atoms with van der Waals surface area (Å²) >= 11 is 0. The fourth-order valence-electron chi connectivity index (χ4n) is 3.78. The van der Waals surface area contributed by atoms with Gasteiger partial charge in [0.2, 0.25) is 0 Å². The lowest BCUT2D eigenvalue weighted by Crippen LogP contribution is -2.48. The van der Waals surface area contributed by atoms with Crippen LogP contribution in [0, 0.1) is 6.92 Å². The lowest BCUT2D eigenvalue weighted by Gasteiger charge is -2.35. The summed E-state index contributed by atoms with van der Waals surface area (Å²) in [6, 6.07) is 5.22. The Balaban J connectivity index is 1.91. The van der Waals surface area contributed by atoms with E-state index in [1.165, 1.54) is 0 Å². The molecule has 0 radical (unpaired) electrons. The molecular formula is C21H31N7. The predicted molar refractivity (Wildman–Crippen MR) is 118 cm³/mol. The van der Waals surface area contributed by atoms with Crippen molar-refractivity contribution in [2.24, 2.45) is 4.99 Å². The van der Waals surface area contributed by atoms with E-state index in [0.717, 1.165) is 47.8 Å². The molecule has 4 N–H and O–H groups in total. The number of nitrogens with one attached hydrogen (secondary N) is 4. The fourth-order valence-corrected chi connectivity index (χ4v) is 3.78. The van der Waals surface area contributed by atoms with Gasteiger partial charge in [-0.3, -0.25) is 10.1 Å². The summed E-state index contributed by atoms with van der Waals surface area (Å²) in [6.45, 7) is 12.3. The van der Waals surface area contributed by atoms with Crippen molar-refractivity contribution in [3.05, 3.63) is 30.0 Å². The van der Waals surface area contributed by atoms with E-state index in [4.69, 9.17) is 4.98 Å². The van der Waals surface area contributed by atoms with Crippen molar-refractivity contribution in [1.29, 1.82) is 0 Å². The largest absolute Gasteiger partial charge is 0.367 e. The quantitative estimate of drug-likeness (QED) is 0.528. The maximum absolute atomic E-state index is 4.82. The van der Waals surface area contributed by atoms with Gasteiger partial charge in [-0.05, 0) is 40.0 Å². The number of hydrogen-bond acceptors (Lipinski definition) is 6. The maximum Gasteiger partial charge on any atom is 0.153 e. The third kappa shape index (κ3) is 4.78. The third-order valence-corrected chi connectivity index (χ3v) is 5.03. The first kappa shape index (κ1) is 20.1. The number of anilines is 3. The summed E-state index contributed by atoms with van der Waals surface area (Å²) in [5.41, 5.74) is 2.74. The first-order chi connectivity index (χ1) is 13.5. The molecule has 2 unspecified atom stereocenters. The van der Waals surface area contributed by atoms with Crippen LogP contribution in [0.25, 0.3) is 6.08 Å². The number of aliphatic imine (C=N–C) groups is 1. The predicted octanol–water partition coefficient (Wildman–Crippen LogP) is 4.55. The van der Waals surface area contributed by atoms with Gasteiger partial charge in [-0.2, -0.15) is 5.10 Å². The number of pyridine rings is 1. The Morgan fingerprint density at radius 2 is 2.14 bits per heavy atom. The molecule has 150 valence electrons. The van der Waals surface area contributed by atoms with Gasteiger partial charge in [0.05, 0.1) is 5.69 Å². The van der Waals surface area contributed by atoms with Crippen molar-refractivity contribution in [2.45, 2.75) is 65.1 Å². The first-order valence-corrected chi connectivity index (χ1v) is 10.00. The molecule has 7 nitrogen and oxygen atoms in total. The van der Waals surface area contributed by atoms with Gasteiger partial charge in [0.25, 0.3) is 0 Å². The zero-order valence-electron chi connectivity index (χ0n) is 17.2. The van der Waals surface area contributed by atoms with Crippen molar-refractivity contribution >= 4 is 35.4 Å². The van der Waals surface area contributed by atoms with E-state index >= 15 is 0 Å². The molecule has 0 saturated carbocycles. The highest BCUT2D eigenvalue weighted by molar-refractivity contribution is 5.79. The first-order valence-electron chi connectivity index (χ1n) is 10.00. The van der Waals surface area contributed by atoms with Crippen molar-refractivity contribution in [2.75, 3.05) is 10.6 Å². The Hall–Kier alpha value is -2.67. The minimum Gasteiger partial charge on any atom is -0.367 e. The molecular weight excluding hydrogens is 350 g/mol. The van der Waals surface area contributed by atoms with E-state index in [-0.39, 0.29) is 0 Å². The second-order valence-corrected chi connectivity index (χ2v) is 7.43. The lowest BCUT2D eigenvalue weighted by atomic mass is 9.93. The molecule has 28 heavy (non-hydrogen) atoms. The Morgan fingerprint density at radius 3 is 2.79 bits per heavy atom.